The molecule has 0 bridgehead atoms. The largest absolute Gasteiger partial charge is 0.396 e. The third-order valence-electron chi connectivity index (χ3n) is 3.30. The molecule has 88 valence electrons. The zero-order chi connectivity index (χ0) is 11.7. The predicted molar refractivity (Wildman–Crippen MR) is 64.5 cm³/mol. The molecule has 1 aliphatic heterocycles. The van der Waals surface area contributed by atoms with Crippen LogP contribution in [-0.2, 0) is 6.54 Å². The monoisotopic (exact) mass is 229 g/mol. The number of rotatable bonds is 2. The number of hydrogen-bond acceptors (Lipinski definition) is 3. The summed E-state index contributed by atoms with van der Waals surface area (Å²) >= 11 is 0. The Kier molecular flexibility index (Phi) is 2.65. The second-order valence-corrected chi connectivity index (χ2v) is 4.44. The van der Waals surface area contributed by atoms with Gasteiger partial charge in [-0.05, 0) is 25.0 Å². The summed E-state index contributed by atoms with van der Waals surface area (Å²) in [7, 11) is 0. The molecular weight excluding hydrogens is 214 g/mol. The number of aromatic nitrogens is 3. The first kappa shape index (κ1) is 10.5. The minimum Gasteiger partial charge on any atom is -0.396 e. The minimum atomic E-state index is 0.184. The van der Waals surface area contributed by atoms with Gasteiger partial charge in [-0.3, -0.25) is 4.98 Å². The van der Waals surface area contributed by atoms with Gasteiger partial charge in [0.1, 0.15) is 5.82 Å². The molecule has 3 rings (SSSR count). The van der Waals surface area contributed by atoms with E-state index in [0.29, 0.717) is 0 Å². The Morgan fingerprint density at radius 3 is 3.18 bits per heavy atom. The molecule has 0 amide bonds. The number of hydrogen-bond donors (Lipinski definition) is 1. The van der Waals surface area contributed by atoms with Gasteiger partial charge in [0, 0.05) is 36.6 Å². The summed E-state index contributed by atoms with van der Waals surface area (Å²) in [5.41, 5.74) is 1.99. The SMILES string of the molecule is OCC1CCCn2cc(-c3cccnc3)nc21. The van der Waals surface area contributed by atoms with E-state index in [2.05, 4.69) is 20.7 Å². The predicted octanol–water partition coefficient (Wildman–Crippen LogP) is 1.81. The van der Waals surface area contributed by atoms with Crippen LogP contribution in [0.1, 0.15) is 24.6 Å². The molecule has 0 fully saturated rings. The standard InChI is InChI=1S/C13H15N3O/c17-9-11-4-2-6-16-8-12(15-13(11)16)10-3-1-5-14-7-10/h1,3,5,7-8,11,17H,2,4,6,9H2. The second kappa shape index (κ2) is 4.30. The van der Waals surface area contributed by atoms with Crippen molar-refractivity contribution in [3.05, 3.63) is 36.5 Å². The van der Waals surface area contributed by atoms with E-state index in [9.17, 15) is 5.11 Å². The number of pyridine rings is 1. The summed E-state index contributed by atoms with van der Waals surface area (Å²) in [6, 6.07) is 3.92. The number of aliphatic hydroxyl groups is 1. The van der Waals surface area contributed by atoms with Crippen molar-refractivity contribution in [3.8, 4) is 11.3 Å². The van der Waals surface area contributed by atoms with Gasteiger partial charge in [0.25, 0.3) is 0 Å². The van der Waals surface area contributed by atoms with E-state index in [1.165, 1.54) is 0 Å². The van der Waals surface area contributed by atoms with Gasteiger partial charge in [-0.25, -0.2) is 4.98 Å². The van der Waals surface area contributed by atoms with Crippen molar-refractivity contribution in [2.75, 3.05) is 6.61 Å². The van der Waals surface area contributed by atoms with Crippen molar-refractivity contribution < 1.29 is 5.11 Å². The Balaban J connectivity index is 2.02. The molecular formula is C13H15N3O. The van der Waals surface area contributed by atoms with E-state index < -0.39 is 0 Å². The summed E-state index contributed by atoms with van der Waals surface area (Å²) in [6.45, 7) is 1.18. The molecule has 0 saturated heterocycles. The highest BCUT2D eigenvalue weighted by Crippen LogP contribution is 2.29. The Bertz CT molecular complexity index is 507. The van der Waals surface area contributed by atoms with Gasteiger partial charge in [-0.1, -0.05) is 0 Å². The summed E-state index contributed by atoms with van der Waals surface area (Å²) in [5, 5.41) is 9.35. The second-order valence-electron chi connectivity index (χ2n) is 4.44. The van der Waals surface area contributed by atoms with Crippen LogP contribution < -0.4 is 0 Å². The summed E-state index contributed by atoms with van der Waals surface area (Å²) in [5.74, 6) is 1.20. The highest BCUT2D eigenvalue weighted by molar-refractivity contribution is 5.57. The normalized spacial score (nSPS) is 19.0. The average Bonchev–Trinajstić information content (AvgIpc) is 2.83. The van der Waals surface area contributed by atoms with E-state index in [4.69, 9.17) is 0 Å². The molecule has 4 nitrogen and oxygen atoms in total. The van der Waals surface area contributed by atoms with Crippen molar-refractivity contribution in [2.24, 2.45) is 0 Å². The van der Waals surface area contributed by atoms with Crippen LogP contribution in [0.3, 0.4) is 0 Å². The lowest BCUT2D eigenvalue weighted by molar-refractivity contribution is 0.238. The topological polar surface area (TPSA) is 50.9 Å². The van der Waals surface area contributed by atoms with E-state index in [-0.39, 0.29) is 12.5 Å². The van der Waals surface area contributed by atoms with Crippen molar-refractivity contribution in [1.82, 2.24) is 14.5 Å². The molecule has 4 heteroatoms. The quantitative estimate of drug-likeness (QED) is 0.854. The molecule has 3 heterocycles. The number of aryl methyl sites for hydroxylation is 1. The van der Waals surface area contributed by atoms with Gasteiger partial charge >= 0.3 is 0 Å². The van der Waals surface area contributed by atoms with E-state index >= 15 is 0 Å². The maximum atomic E-state index is 9.35. The summed E-state index contributed by atoms with van der Waals surface area (Å²) in [6.07, 6.45) is 7.79. The first-order valence-electron chi connectivity index (χ1n) is 5.97. The molecule has 0 radical (unpaired) electrons. The van der Waals surface area contributed by atoms with Crippen LogP contribution in [0.25, 0.3) is 11.3 Å². The lowest BCUT2D eigenvalue weighted by Crippen LogP contribution is -2.18. The Labute approximate surface area is 100.0 Å². The average molecular weight is 229 g/mol. The van der Waals surface area contributed by atoms with Gasteiger partial charge in [-0.2, -0.15) is 0 Å². The van der Waals surface area contributed by atoms with Crippen molar-refractivity contribution >= 4 is 0 Å². The number of fused-ring (bicyclic) bond motifs is 1. The summed E-state index contributed by atoms with van der Waals surface area (Å²) in [4.78, 5) is 8.74. The van der Waals surface area contributed by atoms with Crippen LogP contribution in [-0.4, -0.2) is 26.2 Å². The van der Waals surface area contributed by atoms with Crippen LogP contribution in [0.4, 0.5) is 0 Å². The minimum absolute atomic E-state index is 0.184. The Morgan fingerprint density at radius 1 is 1.47 bits per heavy atom. The van der Waals surface area contributed by atoms with Gasteiger partial charge in [0.15, 0.2) is 0 Å². The molecule has 0 saturated carbocycles. The van der Waals surface area contributed by atoms with E-state index in [0.717, 1.165) is 36.5 Å². The third-order valence-corrected chi connectivity index (χ3v) is 3.30. The zero-order valence-corrected chi connectivity index (χ0v) is 9.58. The molecule has 2 aromatic rings. The van der Waals surface area contributed by atoms with Gasteiger partial charge < -0.3 is 9.67 Å². The van der Waals surface area contributed by atoms with Crippen molar-refractivity contribution in [1.29, 1.82) is 0 Å². The fourth-order valence-corrected chi connectivity index (χ4v) is 2.40. The molecule has 1 N–H and O–H groups in total. The highest BCUT2D eigenvalue weighted by atomic mass is 16.3. The third kappa shape index (κ3) is 1.85. The number of imidazole rings is 1. The molecule has 0 spiro atoms. The first-order chi connectivity index (χ1) is 8.38. The molecule has 0 aliphatic carbocycles. The van der Waals surface area contributed by atoms with Gasteiger partial charge in [-0.15, -0.1) is 0 Å². The van der Waals surface area contributed by atoms with Crippen LogP contribution in [0, 0.1) is 0 Å². The fraction of sp³-hybridized carbons (Fsp3) is 0.385. The van der Waals surface area contributed by atoms with Gasteiger partial charge in [0.2, 0.25) is 0 Å². The number of aliphatic hydroxyl groups excluding tert-OH is 1. The summed E-state index contributed by atoms with van der Waals surface area (Å²) < 4.78 is 2.16. The Morgan fingerprint density at radius 2 is 2.41 bits per heavy atom. The number of nitrogens with zero attached hydrogens (tertiary/aromatic N) is 3. The van der Waals surface area contributed by atoms with Crippen LogP contribution in [0.5, 0.6) is 0 Å². The molecule has 2 aromatic heterocycles. The molecule has 1 aliphatic rings. The molecule has 0 aromatic carbocycles. The lowest BCUT2D eigenvalue weighted by atomic mass is 10.0. The lowest BCUT2D eigenvalue weighted by Gasteiger charge is -2.21. The van der Waals surface area contributed by atoms with E-state index in [1.54, 1.807) is 6.20 Å². The first-order valence-corrected chi connectivity index (χ1v) is 5.97. The van der Waals surface area contributed by atoms with Crippen LogP contribution in [0.2, 0.25) is 0 Å². The fourth-order valence-electron chi connectivity index (χ4n) is 2.40. The van der Waals surface area contributed by atoms with E-state index in [1.807, 2.05) is 18.3 Å². The van der Waals surface area contributed by atoms with Crippen molar-refractivity contribution in [2.45, 2.75) is 25.3 Å². The van der Waals surface area contributed by atoms with Gasteiger partial charge in [0.05, 0.1) is 12.3 Å². The molecule has 1 unspecified atom stereocenters. The van der Waals surface area contributed by atoms with Crippen LogP contribution >= 0.6 is 0 Å². The molecule has 1 atom stereocenters. The Hall–Kier alpha value is -1.68. The maximum Gasteiger partial charge on any atom is 0.114 e. The highest BCUT2D eigenvalue weighted by Gasteiger charge is 2.22. The van der Waals surface area contributed by atoms with Crippen molar-refractivity contribution in [3.63, 3.8) is 0 Å². The molecule has 17 heavy (non-hydrogen) atoms. The van der Waals surface area contributed by atoms with Crippen LogP contribution in [0.15, 0.2) is 30.7 Å². The zero-order valence-electron chi connectivity index (χ0n) is 9.58. The maximum absolute atomic E-state index is 9.35. The smallest absolute Gasteiger partial charge is 0.114 e.